The zero-order valence-corrected chi connectivity index (χ0v) is 11.3. The lowest BCUT2D eigenvalue weighted by Gasteiger charge is -2.53. The smallest absolute Gasteiger partial charge is 0.305 e. The van der Waals surface area contributed by atoms with Crippen molar-refractivity contribution in [3.8, 4) is 0 Å². The lowest BCUT2D eigenvalue weighted by atomic mass is 9.52. The Bertz CT molecular complexity index is 309. The number of hydrogen-bond acceptors (Lipinski definition) is 4. The first-order valence-electron chi connectivity index (χ1n) is 6.03. The van der Waals surface area contributed by atoms with E-state index in [9.17, 15) is 9.59 Å². The molecule has 0 saturated heterocycles. The van der Waals surface area contributed by atoms with E-state index in [-0.39, 0.29) is 23.5 Å². The van der Waals surface area contributed by atoms with Gasteiger partial charge in [-0.05, 0) is 24.7 Å². The van der Waals surface area contributed by atoms with E-state index in [4.69, 9.17) is 4.74 Å². The first kappa shape index (κ1) is 14.0. The van der Waals surface area contributed by atoms with Crippen molar-refractivity contribution >= 4 is 11.9 Å². The number of hydrogen-bond donors (Lipinski definition) is 0. The summed E-state index contributed by atoms with van der Waals surface area (Å²) in [5.41, 5.74) is 0.0169. The quantitative estimate of drug-likeness (QED) is 0.709. The molecule has 3 atom stereocenters. The van der Waals surface area contributed by atoms with E-state index in [1.165, 1.54) is 14.0 Å². The first-order valence-corrected chi connectivity index (χ1v) is 6.03. The Kier molecular flexibility index (Phi) is 4.17. The Morgan fingerprint density at radius 3 is 2.41 bits per heavy atom. The minimum Gasteiger partial charge on any atom is -0.469 e. The molecule has 0 aliphatic heterocycles. The van der Waals surface area contributed by atoms with E-state index < -0.39 is 0 Å². The second kappa shape index (κ2) is 5.07. The maximum absolute atomic E-state index is 11.2. The van der Waals surface area contributed by atoms with Crippen molar-refractivity contribution in [3.05, 3.63) is 0 Å². The number of ether oxygens (including phenoxy) is 2. The summed E-state index contributed by atoms with van der Waals surface area (Å²) in [6.07, 6.45) is 1.28. The van der Waals surface area contributed by atoms with Gasteiger partial charge in [0, 0.05) is 19.3 Å². The van der Waals surface area contributed by atoms with E-state index in [0.717, 1.165) is 6.42 Å². The summed E-state index contributed by atoms with van der Waals surface area (Å²) in [6, 6.07) is 0. The lowest BCUT2D eigenvalue weighted by Crippen LogP contribution is -2.51. The SMILES string of the molecule is COC(=O)CC1CC(C(C)OC(C)=O)C1(C)C. The van der Waals surface area contributed by atoms with Crippen molar-refractivity contribution < 1.29 is 19.1 Å². The Morgan fingerprint density at radius 1 is 1.41 bits per heavy atom. The number of methoxy groups -OCH3 is 1. The number of carbonyl (C=O) groups is 2. The molecule has 1 aliphatic carbocycles. The van der Waals surface area contributed by atoms with Crippen LogP contribution >= 0.6 is 0 Å². The van der Waals surface area contributed by atoms with Crippen molar-refractivity contribution in [1.29, 1.82) is 0 Å². The predicted molar refractivity (Wildman–Crippen MR) is 63.2 cm³/mol. The molecular formula is C13H22O4. The second-order valence-electron chi connectivity index (χ2n) is 5.46. The fourth-order valence-electron chi connectivity index (χ4n) is 2.83. The second-order valence-corrected chi connectivity index (χ2v) is 5.46. The van der Waals surface area contributed by atoms with Crippen LogP contribution in [0.5, 0.6) is 0 Å². The van der Waals surface area contributed by atoms with Crippen LogP contribution in [0.2, 0.25) is 0 Å². The number of rotatable bonds is 4. The predicted octanol–water partition coefficient (Wildman–Crippen LogP) is 2.16. The van der Waals surface area contributed by atoms with Crippen molar-refractivity contribution in [2.75, 3.05) is 7.11 Å². The summed E-state index contributed by atoms with van der Waals surface area (Å²) in [5, 5.41) is 0. The van der Waals surface area contributed by atoms with Crippen LogP contribution in [-0.2, 0) is 19.1 Å². The molecular weight excluding hydrogens is 220 g/mol. The van der Waals surface area contributed by atoms with Crippen LogP contribution in [0.4, 0.5) is 0 Å². The normalized spacial score (nSPS) is 27.8. The molecule has 0 aromatic heterocycles. The molecule has 1 saturated carbocycles. The first-order chi connectivity index (χ1) is 7.78. The van der Waals surface area contributed by atoms with E-state index in [0.29, 0.717) is 18.3 Å². The largest absolute Gasteiger partial charge is 0.469 e. The van der Waals surface area contributed by atoms with Gasteiger partial charge in [0.25, 0.3) is 0 Å². The van der Waals surface area contributed by atoms with Crippen LogP contribution in [0.3, 0.4) is 0 Å². The molecule has 3 unspecified atom stereocenters. The fourth-order valence-corrected chi connectivity index (χ4v) is 2.83. The third kappa shape index (κ3) is 2.99. The minimum atomic E-state index is -0.246. The summed E-state index contributed by atoms with van der Waals surface area (Å²) in [7, 11) is 1.41. The maximum Gasteiger partial charge on any atom is 0.305 e. The van der Waals surface area contributed by atoms with Crippen molar-refractivity contribution in [3.63, 3.8) is 0 Å². The average Bonchev–Trinajstić information content (AvgIpc) is 2.21. The number of carbonyl (C=O) groups excluding carboxylic acids is 2. The third-order valence-corrected chi connectivity index (χ3v) is 4.11. The van der Waals surface area contributed by atoms with Gasteiger partial charge in [0.2, 0.25) is 0 Å². The Balaban J connectivity index is 2.54. The summed E-state index contributed by atoms with van der Waals surface area (Å²) in [6.45, 7) is 7.58. The van der Waals surface area contributed by atoms with Gasteiger partial charge in [0.15, 0.2) is 0 Å². The van der Waals surface area contributed by atoms with Crippen LogP contribution in [-0.4, -0.2) is 25.2 Å². The van der Waals surface area contributed by atoms with E-state index >= 15 is 0 Å². The maximum atomic E-state index is 11.2. The molecule has 0 amide bonds. The van der Waals surface area contributed by atoms with Crippen LogP contribution in [0.25, 0.3) is 0 Å². The van der Waals surface area contributed by atoms with Crippen LogP contribution in [0.1, 0.15) is 40.5 Å². The van der Waals surface area contributed by atoms with Gasteiger partial charge in [0.1, 0.15) is 6.10 Å². The van der Waals surface area contributed by atoms with Crippen LogP contribution in [0, 0.1) is 17.3 Å². The molecule has 0 heterocycles. The molecule has 0 aromatic carbocycles. The van der Waals surface area contributed by atoms with E-state index in [1.807, 2.05) is 6.92 Å². The van der Waals surface area contributed by atoms with Gasteiger partial charge in [-0.2, -0.15) is 0 Å². The van der Waals surface area contributed by atoms with Gasteiger partial charge < -0.3 is 9.47 Å². The lowest BCUT2D eigenvalue weighted by molar-refractivity contribution is -0.166. The minimum absolute atomic E-state index is 0.0169. The van der Waals surface area contributed by atoms with Gasteiger partial charge in [-0.1, -0.05) is 13.8 Å². The van der Waals surface area contributed by atoms with Crippen molar-refractivity contribution in [1.82, 2.24) is 0 Å². The van der Waals surface area contributed by atoms with E-state index in [1.54, 1.807) is 0 Å². The van der Waals surface area contributed by atoms with Gasteiger partial charge in [-0.15, -0.1) is 0 Å². The zero-order valence-electron chi connectivity index (χ0n) is 11.3. The molecule has 1 aliphatic rings. The molecule has 0 aromatic rings. The third-order valence-electron chi connectivity index (χ3n) is 4.11. The summed E-state index contributed by atoms with van der Waals surface area (Å²) >= 11 is 0. The Hall–Kier alpha value is -1.06. The van der Waals surface area contributed by atoms with Crippen molar-refractivity contribution in [2.24, 2.45) is 17.3 Å². The highest BCUT2D eigenvalue weighted by Gasteiger charge is 2.51. The van der Waals surface area contributed by atoms with E-state index in [2.05, 4.69) is 18.6 Å². The molecule has 98 valence electrons. The molecule has 0 radical (unpaired) electrons. The molecule has 0 N–H and O–H groups in total. The molecule has 0 bridgehead atoms. The number of esters is 2. The Labute approximate surface area is 103 Å². The van der Waals surface area contributed by atoms with Gasteiger partial charge in [0.05, 0.1) is 7.11 Å². The highest BCUT2D eigenvalue weighted by molar-refractivity contribution is 5.69. The van der Waals surface area contributed by atoms with Crippen LogP contribution in [0.15, 0.2) is 0 Å². The highest BCUT2D eigenvalue weighted by atomic mass is 16.5. The summed E-state index contributed by atoms with van der Waals surface area (Å²) < 4.78 is 9.90. The average molecular weight is 242 g/mol. The Morgan fingerprint density at radius 2 is 2.00 bits per heavy atom. The molecule has 1 rings (SSSR count). The molecule has 17 heavy (non-hydrogen) atoms. The van der Waals surface area contributed by atoms with Gasteiger partial charge in [-0.3, -0.25) is 9.59 Å². The fraction of sp³-hybridized carbons (Fsp3) is 0.846. The monoisotopic (exact) mass is 242 g/mol. The highest BCUT2D eigenvalue weighted by Crippen LogP contribution is 2.54. The molecule has 4 heteroatoms. The summed E-state index contributed by atoms with van der Waals surface area (Å²) in [4.78, 5) is 22.2. The van der Waals surface area contributed by atoms with Gasteiger partial charge in [-0.25, -0.2) is 0 Å². The standard InChI is InChI=1S/C13H22O4/c1-8(17-9(2)14)11-6-10(13(11,3)4)7-12(15)16-5/h8,10-11H,6-7H2,1-5H3. The van der Waals surface area contributed by atoms with Crippen molar-refractivity contribution in [2.45, 2.75) is 46.6 Å². The summed E-state index contributed by atoms with van der Waals surface area (Å²) in [5.74, 6) is 0.227. The van der Waals surface area contributed by atoms with Crippen LogP contribution < -0.4 is 0 Å². The zero-order chi connectivity index (χ0) is 13.2. The molecule has 1 fully saturated rings. The van der Waals surface area contributed by atoms with Gasteiger partial charge >= 0.3 is 11.9 Å². The molecule has 0 spiro atoms. The molecule has 4 nitrogen and oxygen atoms in total. The topological polar surface area (TPSA) is 52.6 Å².